The summed E-state index contributed by atoms with van der Waals surface area (Å²) in [5, 5.41) is 7.78. The van der Waals surface area contributed by atoms with Crippen molar-refractivity contribution < 1.29 is 18.8 Å². The number of carbonyl (C=O) groups excluding carboxylic acids is 2. The number of unbranched alkanes of at least 4 members (excludes halogenated alkanes) is 1. The lowest BCUT2D eigenvalue weighted by molar-refractivity contribution is -0.140. The summed E-state index contributed by atoms with van der Waals surface area (Å²) in [7, 11) is 1.37. The van der Waals surface area contributed by atoms with E-state index >= 15 is 0 Å². The fourth-order valence-corrected chi connectivity index (χ4v) is 3.32. The molecule has 1 saturated carbocycles. The molecule has 4 rings (SSSR count). The summed E-state index contributed by atoms with van der Waals surface area (Å²) in [5.74, 6) is -0.0350. The van der Waals surface area contributed by atoms with Gasteiger partial charge in [-0.15, -0.1) is 0 Å². The molecule has 7 nitrogen and oxygen atoms in total. The normalized spacial score (nSPS) is 13.4. The molecule has 1 N–H and O–H groups in total. The number of nitrogens with zero attached hydrogens (tertiary/aromatic N) is 2. The minimum Gasteiger partial charge on any atom is -0.469 e. The summed E-state index contributed by atoms with van der Waals surface area (Å²) in [6.45, 7) is 0.477. The highest BCUT2D eigenvalue weighted by Gasteiger charge is 2.29. The van der Waals surface area contributed by atoms with Crippen molar-refractivity contribution in [3.63, 3.8) is 0 Å². The Kier molecular flexibility index (Phi) is 5.55. The monoisotopic (exact) mass is 393 g/mol. The smallest absolute Gasteiger partial charge is 0.305 e. The summed E-state index contributed by atoms with van der Waals surface area (Å²) in [5.41, 5.74) is 3.30. The van der Waals surface area contributed by atoms with Crippen molar-refractivity contribution in [2.24, 2.45) is 0 Å². The molecule has 7 heteroatoms. The first-order valence-corrected chi connectivity index (χ1v) is 9.88. The Morgan fingerprint density at radius 3 is 2.72 bits per heavy atom. The van der Waals surface area contributed by atoms with Crippen LogP contribution in [-0.4, -0.2) is 35.7 Å². The molecule has 0 radical (unpaired) electrons. The van der Waals surface area contributed by atoms with Crippen LogP contribution in [0.1, 0.15) is 54.1 Å². The van der Waals surface area contributed by atoms with E-state index in [1.807, 2.05) is 36.4 Å². The predicted octanol–water partition coefficient (Wildman–Crippen LogP) is 3.84. The Hall–Kier alpha value is -3.22. The largest absolute Gasteiger partial charge is 0.469 e. The summed E-state index contributed by atoms with van der Waals surface area (Å²) in [6.07, 6.45) is 3.86. The molecule has 0 aliphatic heterocycles. The molecule has 150 valence electrons. The first-order chi connectivity index (χ1) is 14.2. The number of esters is 1. The van der Waals surface area contributed by atoms with Crippen LogP contribution in [0.25, 0.3) is 22.4 Å². The van der Waals surface area contributed by atoms with Crippen molar-refractivity contribution >= 4 is 23.0 Å². The maximum absolute atomic E-state index is 13.0. The molecule has 0 unspecified atom stereocenters. The van der Waals surface area contributed by atoms with Crippen LogP contribution < -0.4 is 5.32 Å². The van der Waals surface area contributed by atoms with E-state index in [-0.39, 0.29) is 11.9 Å². The quantitative estimate of drug-likeness (QED) is 0.462. The maximum atomic E-state index is 13.0. The minimum absolute atomic E-state index is 0.183. The van der Waals surface area contributed by atoms with Crippen molar-refractivity contribution in [1.29, 1.82) is 0 Å². The summed E-state index contributed by atoms with van der Waals surface area (Å²) < 4.78 is 10.1. The summed E-state index contributed by atoms with van der Waals surface area (Å²) >= 11 is 0. The zero-order valence-electron chi connectivity index (χ0n) is 16.3. The molecule has 2 aromatic heterocycles. The Labute approximate surface area is 168 Å². The molecule has 1 aromatic carbocycles. The first kappa shape index (κ1) is 19.1. The second-order valence-corrected chi connectivity index (χ2v) is 7.24. The van der Waals surface area contributed by atoms with Gasteiger partial charge in [0.2, 0.25) is 0 Å². The highest BCUT2D eigenvalue weighted by atomic mass is 16.5. The van der Waals surface area contributed by atoms with Gasteiger partial charge >= 0.3 is 5.97 Å². The Morgan fingerprint density at radius 2 is 2.00 bits per heavy atom. The van der Waals surface area contributed by atoms with Gasteiger partial charge in [-0.2, -0.15) is 0 Å². The van der Waals surface area contributed by atoms with E-state index in [1.54, 1.807) is 0 Å². The average Bonchev–Trinajstić information content (AvgIpc) is 3.52. The van der Waals surface area contributed by atoms with Crippen LogP contribution in [0.4, 0.5) is 0 Å². The van der Waals surface area contributed by atoms with E-state index < -0.39 is 0 Å². The maximum Gasteiger partial charge on any atom is 0.305 e. The highest BCUT2D eigenvalue weighted by molar-refractivity contribution is 6.09. The van der Waals surface area contributed by atoms with Crippen LogP contribution in [0, 0.1) is 0 Å². The molecular formula is C22H23N3O4. The second-order valence-electron chi connectivity index (χ2n) is 7.24. The molecule has 0 bridgehead atoms. The molecule has 1 aliphatic rings. The third-order valence-corrected chi connectivity index (χ3v) is 5.07. The lowest BCUT2D eigenvalue weighted by Crippen LogP contribution is -2.25. The van der Waals surface area contributed by atoms with Crippen LogP contribution in [0.2, 0.25) is 0 Å². The molecule has 0 spiro atoms. The number of methoxy groups -OCH3 is 1. The van der Waals surface area contributed by atoms with Crippen molar-refractivity contribution in [2.45, 2.75) is 38.0 Å². The molecule has 29 heavy (non-hydrogen) atoms. The van der Waals surface area contributed by atoms with Crippen LogP contribution in [-0.2, 0) is 9.53 Å². The molecule has 1 fully saturated rings. The van der Waals surface area contributed by atoms with Gasteiger partial charge in [0.25, 0.3) is 11.6 Å². The van der Waals surface area contributed by atoms with Crippen molar-refractivity contribution in [3.05, 3.63) is 47.7 Å². The molecule has 3 aromatic rings. The number of carbonyl (C=O) groups is 2. The van der Waals surface area contributed by atoms with E-state index in [0.717, 1.165) is 24.1 Å². The Balaban J connectivity index is 1.58. The molecule has 2 heterocycles. The van der Waals surface area contributed by atoms with E-state index in [0.29, 0.717) is 54.1 Å². The molecule has 1 aliphatic carbocycles. The number of nitrogens with one attached hydrogen (secondary N) is 1. The van der Waals surface area contributed by atoms with Crippen LogP contribution in [0.3, 0.4) is 0 Å². The zero-order chi connectivity index (χ0) is 20.2. The first-order valence-electron chi connectivity index (χ1n) is 9.88. The van der Waals surface area contributed by atoms with Gasteiger partial charge in [-0.05, 0) is 31.7 Å². The van der Waals surface area contributed by atoms with Crippen molar-refractivity contribution in [1.82, 2.24) is 15.5 Å². The van der Waals surface area contributed by atoms with E-state index in [9.17, 15) is 9.59 Å². The molecule has 0 saturated heterocycles. The Bertz CT molecular complexity index is 1030. The Morgan fingerprint density at radius 1 is 1.21 bits per heavy atom. The van der Waals surface area contributed by atoms with E-state index in [2.05, 4.69) is 20.2 Å². The topological polar surface area (TPSA) is 94.3 Å². The number of hydrogen-bond donors (Lipinski definition) is 1. The molecular weight excluding hydrogens is 370 g/mol. The van der Waals surface area contributed by atoms with E-state index in [4.69, 9.17) is 4.52 Å². The van der Waals surface area contributed by atoms with Crippen LogP contribution in [0.5, 0.6) is 0 Å². The number of pyridine rings is 1. The summed E-state index contributed by atoms with van der Waals surface area (Å²) in [4.78, 5) is 28.8. The number of ether oxygens (including phenoxy) is 1. The second kappa shape index (κ2) is 8.43. The van der Waals surface area contributed by atoms with Gasteiger partial charge in [-0.25, -0.2) is 4.98 Å². The van der Waals surface area contributed by atoms with Gasteiger partial charge in [0, 0.05) is 30.1 Å². The van der Waals surface area contributed by atoms with Gasteiger partial charge in [-0.3, -0.25) is 9.59 Å². The molecule has 1 amide bonds. The van der Waals surface area contributed by atoms with Gasteiger partial charge in [-0.1, -0.05) is 35.5 Å². The predicted molar refractivity (Wildman–Crippen MR) is 107 cm³/mol. The van der Waals surface area contributed by atoms with E-state index in [1.165, 1.54) is 7.11 Å². The van der Waals surface area contributed by atoms with Gasteiger partial charge in [0.1, 0.15) is 5.69 Å². The van der Waals surface area contributed by atoms with Crippen molar-refractivity contribution in [2.75, 3.05) is 13.7 Å². The van der Waals surface area contributed by atoms with Gasteiger partial charge in [0.15, 0.2) is 0 Å². The number of aromatic nitrogens is 2. The van der Waals surface area contributed by atoms with Gasteiger partial charge in [0.05, 0.1) is 18.1 Å². The fourth-order valence-electron chi connectivity index (χ4n) is 3.32. The van der Waals surface area contributed by atoms with Crippen molar-refractivity contribution in [3.8, 4) is 11.3 Å². The lowest BCUT2D eigenvalue weighted by Gasteiger charge is -2.08. The fraction of sp³-hybridized carbons (Fsp3) is 0.364. The van der Waals surface area contributed by atoms with Crippen LogP contribution >= 0.6 is 0 Å². The average molecular weight is 393 g/mol. The standard InChI is InChI=1S/C22H23N3O4/c1-28-18(26)9-5-6-12-23-21(27)16-13-17(14-10-11-14)24-22-19(16)20(25-29-22)15-7-3-2-4-8-15/h2-4,7-8,13-14H,5-6,9-12H2,1H3,(H,23,27). The third-order valence-electron chi connectivity index (χ3n) is 5.07. The molecule has 0 atom stereocenters. The van der Waals surface area contributed by atoms with Gasteiger partial charge < -0.3 is 14.6 Å². The summed E-state index contributed by atoms with van der Waals surface area (Å²) in [6, 6.07) is 11.5. The number of amides is 1. The number of rotatable bonds is 8. The number of fused-ring (bicyclic) bond motifs is 1. The number of hydrogen-bond acceptors (Lipinski definition) is 6. The highest BCUT2D eigenvalue weighted by Crippen LogP contribution is 2.41. The lowest BCUT2D eigenvalue weighted by atomic mass is 10.0. The number of benzene rings is 1. The SMILES string of the molecule is COC(=O)CCCCNC(=O)c1cc(C2CC2)nc2onc(-c3ccccc3)c12. The zero-order valence-corrected chi connectivity index (χ0v) is 16.3. The minimum atomic E-state index is -0.238. The third kappa shape index (κ3) is 4.29. The van der Waals surface area contributed by atoms with Crippen LogP contribution in [0.15, 0.2) is 40.9 Å².